The van der Waals surface area contributed by atoms with Gasteiger partial charge in [0, 0.05) is 44.0 Å². The maximum Gasteiger partial charge on any atom is 0.231 e. The van der Waals surface area contributed by atoms with Crippen LogP contribution in [-0.4, -0.2) is 39.7 Å². The van der Waals surface area contributed by atoms with Crippen molar-refractivity contribution in [2.45, 2.75) is 26.3 Å². The van der Waals surface area contributed by atoms with Crippen molar-refractivity contribution in [1.29, 1.82) is 0 Å². The average Bonchev–Trinajstić information content (AvgIpc) is 3.34. The molecule has 0 spiro atoms. The van der Waals surface area contributed by atoms with Crippen molar-refractivity contribution in [3.8, 4) is 22.9 Å². The molecule has 2 aliphatic heterocycles. The highest BCUT2D eigenvalue weighted by molar-refractivity contribution is 5.54. The van der Waals surface area contributed by atoms with E-state index in [0.717, 1.165) is 55.4 Å². The number of benzene rings is 1. The Hall–Kier alpha value is -2.86. The van der Waals surface area contributed by atoms with Gasteiger partial charge < -0.3 is 14.5 Å². The molecule has 3 aromatic rings. The van der Waals surface area contributed by atoms with Crippen molar-refractivity contribution in [2.24, 2.45) is 5.92 Å². The molecule has 0 saturated heterocycles. The van der Waals surface area contributed by atoms with Crippen LogP contribution >= 0.6 is 0 Å². The van der Waals surface area contributed by atoms with Crippen molar-refractivity contribution in [2.75, 3.05) is 19.9 Å². The molecule has 0 bridgehead atoms. The van der Waals surface area contributed by atoms with E-state index in [2.05, 4.69) is 33.9 Å². The number of hydrogen-bond acceptors (Lipinski definition) is 5. The Labute approximate surface area is 164 Å². The second kappa shape index (κ2) is 7.28. The quantitative estimate of drug-likeness (QED) is 0.739. The van der Waals surface area contributed by atoms with Crippen LogP contribution in [0, 0.1) is 5.92 Å². The summed E-state index contributed by atoms with van der Waals surface area (Å²) in [4.78, 5) is 15.0. The Morgan fingerprint density at radius 3 is 3.04 bits per heavy atom. The number of aromatic nitrogens is 3. The minimum absolute atomic E-state index is 0.329. The van der Waals surface area contributed by atoms with Gasteiger partial charge in [0.2, 0.25) is 6.79 Å². The van der Waals surface area contributed by atoms with E-state index in [9.17, 15) is 0 Å². The Balaban J connectivity index is 1.22. The smallest absolute Gasteiger partial charge is 0.231 e. The van der Waals surface area contributed by atoms with Crippen LogP contribution in [0.2, 0.25) is 0 Å². The first kappa shape index (κ1) is 17.3. The summed E-state index contributed by atoms with van der Waals surface area (Å²) in [5, 5.41) is 0. The second-order valence-electron chi connectivity index (χ2n) is 7.73. The third-order valence-corrected chi connectivity index (χ3v) is 5.44. The number of nitrogens with one attached hydrogen (secondary N) is 1. The lowest BCUT2D eigenvalue weighted by Crippen LogP contribution is -2.34. The van der Waals surface area contributed by atoms with Gasteiger partial charge in [-0.25, -0.2) is 4.98 Å². The number of ether oxygens (including phenoxy) is 2. The van der Waals surface area contributed by atoms with Crippen LogP contribution in [0.4, 0.5) is 0 Å². The fourth-order valence-electron chi connectivity index (χ4n) is 4.12. The summed E-state index contributed by atoms with van der Waals surface area (Å²) < 4.78 is 10.9. The van der Waals surface area contributed by atoms with Gasteiger partial charge in [-0.15, -0.1) is 0 Å². The predicted octanol–water partition coefficient (Wildman–Crippen LogP) is 3.44. The normalized spacial score (nSPS) is 16.8. The molecular weight excluding hydrogens is 352 g/mol. The molecular formula is C22H24N4O2. The van der Waals surface area contributed by atoms with Crippen molar-refractivity contribution in [3.05, 3.63) is 59.7 Å². The number of H-pyrrole nitrogens is 1. The molecule has 6 nitrogen and oxygen atoms in total. The molecule has 0 amide bonds. The fraction of sp³-hybridized carbons (Fsp3) is 0.364. The van der Waals surface area contributed by atoms with Gasteiger partial charge >= 0.3 is 0 Å². The molecule has 6 heteroatoms. The molecule has 0 unspecified atom stereocenters. The summed E-state index contributed by atoms with van der Waals surface area (Å²) in [5.41, 5.74) is 4.77. The van der Waals surface area contributed by atoms with Crippen molar-refractivity contribution < 1.29 is 9.47 Å². The number of hydrogen-bond donors (Lipinski definition) is 1. The average molecular weight is 376 g/mol. The summed E-state index contributed by atoms with van der Waals surface area (Å²) in [6.45, 7) is 5.68. The SMILES string of the molecule is C[C@H](Cc1ccc2c(c1)OCO2)CN1CCc2nc(-c3cccnc3)[nH]c2C1. The largest absolute Gasteiger partial charge is 0.454 e. The van der Waals surface area contributed by atoms with Gasteiger partial charge in [-0.3, -0.25) is 9.88 Å². The molecule has 144 valence electrons. The minimum Gasteiger partial charge on any atom is -0.454 e. The van der Waals surface area contributed by atoms with E-state index < -0.39 is 0 Å². The maximum atomic E-state index is 5.50. The molecule has 1 N–H and O–H groups in total. The monoisotopic (exact) mass is 376 g/mol. The van der Waals surface area contributed by atoms with Gasteiger partial charge in [-0.2, -0.15) is 0 Å². The van der Waals surface area contributed by atoms with E-state index in [4.69, 9.17) is 14.5 Å². The molecule has 0 aliphatic carbocycles. The number of imidazole rings is 1. The van der Waals surface area contributed by atoms with E-state index in [-0.39, 0.29) is 0 Å². The number of nitrogens with zero attached hydrogens (tertiary/aromatic N) is 3. The zero-order chi connectivity index (χ0) is 18.9. The summed E-state index contributed by atoms with van der Waals surface area (Å²) in [7, 11) is 0. The Kier molecular flexibility index (Phi) is 4.49. The summed E-state index contributed by atoms with van der Waals surface area (Å²) in [6, 6.07) is 10.3. The van der Waals surface area contributed by atoms with Gasteiger partial charge in [0.25, 0.3) is 0 Å². The van der Waals surface area contributed by atoms with Gasteiger partial charge in [-0.05, 0) is 42.2 Å². The molecule has 1 atom stereocenters. The molecule has 28 heavy (non-hydrogen) atoms. The highest BCUT2D eigenvalue weighted by Gasteiger charge is 2.22. The van der Waals surface area contributed by atoms with Crippen LogP contribution in [0.15, 0.2) is 42.7 Å². The first-order valence-electron chi connectivity index (χ1n) is 9.83. The summed E-state index contributed by atoms with van der Waals surface area (Å²) in [6.07, 6.45) is 5.66. The van der Waals surface area contributed by atoms with Crippen LogP contribution < -0.4 is 9.47 Å². The van der Waals surface area contributed by atoms with Crippen molar-refractivity contribution >= 4 is 0 Å². The molecule has 5 rings (SSSR count). The number of aromatic amines is 1. The number of pyridine rings is 1. The van der Waals surface area contributed by atoms with Crippen LogP contribution in [0.3, 0.4) is 0 Å². The molecule has 0 fully saturated rings. The van der Waals surface area contributed by atoms with Crippen LogP contribution in [0.1, 0.15) is 23.9 Å². The van der Waals surface area contributed by atoms with E-state index in [1.807, 2.05) is 24.4 Å². The van der Waals surface area contributed by atoms with Gasteiger partial charge in [0.15, 0.2) is 11.5 Å². The zero-order valence-corrected chi connectivity index (χ0v) is 16.0. The van der Waals surface area contributed by atoms with E-state index in [1.54, 1.807) is 6.20 Å². The third-order valence-electron chi connectivity index (χ3n) is 5.44. The number of fused-ring (bicyclic) bond motifs is 2. The van der Waals surface area contributed by atoms with E-state index in [0.29, 0.717) is 12.7 Å². The number of rotatable bonds is 5. The highest BCUT2D eigenvalue weighted by atomic mass is 16.7. The lowest BCUT2D eigenvalue weighted by molar-refractivity contribution is 0.174. The second-order valence-corrected chi connectivity index (χ2v) is 7.73. The topological polar surface area (TPSA) is 63.3 Å². The lowest BCUT2D eigenvalue weighted by atomic mass is 9.99. The third kappa shape index (κ3) is 3.47. The Bertz CT molecular complexity index is 970. The van der Waals surface area contributed by atoms with Crippen molar-refractivity contribution in [3.63, 3.8) is 0 Å². The van der Waals surface area contributed by atoms with Gasteiger partial charge in [-0.1, -0.05) is 13.0 Å². The highest BCUT2D eigenvalue weighted by Crippen LogP contribution is 2.33. The zero-order valence-electron chi connectivity index (χ0n) is 16.0. The first-order chi connectivity index (χ1) is 13.7. The molecule has 4 heterocycles. The van der Waals surface area contributed by atoms with Crippen LogP contribution in [-0.2, 0) is 19.4 Å². The molecule has 2 aliphatic rings. The summed E-state index contributed by atoms with van der Waals surface area (Å²) >= 11 is 0. The van der Waals surface area contributed by atoms with Crippen LogP contribution in [0.25, 0.3) is 11.4 Å². The molecule has 0 radical (unpaired) electrons. The van der Waals surface area contributed by atoms with Crippen molar-refractivity contribution in [1.82, 2.24) is 19.9 Å². The lowest BCUT2D eigenvalue weighted by Gasteiger charge is -2.28. The molecule has 1 aromatic carbocycles. The van der Waals surface area contributed by atoms with Crippen LogP contribution in [0.5, 0.6) is 11.5 Å². The predicted molar refractivity (Wildman–Crippen MR) is 106 cm³/mol. The maximum absolute atomic E-state index is 5.50. The molecule has 2 aromatic heterocycles. The van der Waals surface area contributed by atoms with Gasteiger partial charge in [0.1, 0.15) is 5.82 Å². The standard InChI is InChI=1S/C22H24N4O2/c1-15(9-16-4-5-20-21(10-16)28-14-27-20)12-26-8-6-18-19(13-26)25-22(24-18)17-3-2-7-23-11-17/h2-5,7,10-11,15H,6,8-9,12-14H2,1H3,(H,24,25)/t15-/m1/s1. The van der Waals surface area contributed by atoms with E-state index in [1.165, 1.54) is 17.0 Å². The first-order valence-corrected chi connectivity index (χ1v) is 9.83. The fourth-order valence-corrected chi connectivity index (χ4v) is 4.12. The Morgan fingerprint density at radius 2 is 2.14 bits per heavy atom. The minimum atomic E-state index is 0.329. The Morgan fingerprint density at radius 1 is 1.21 bits per heavy atom. The molecule has 0 saturated carbocycles. The van der Waals surface area contributed by atoms with E-state index >= 15 is 0 Å². The van der Waals surface area contributed by atoms with Gasteiger partial charge in [0.05, 0.1) is 11.4 Å². The summed E-state index contributed by atoms with van der Waals surface area (Å²) in [5.74, 6) is 3.20.